The Bertz CT molecular complexity index is 991. The van der Waals surface area contributed by atoms with Crippen LogP contribution in [0.2, 0.25) is 0 Å². The first kappa shape index (κ1) is 22.8. The third-order valence-electron chi connectivity index (χ3n) is 9.33. The van der Waals surface area contributed by atoms with Crippen LogP contribution in [-0.4, -0.2) is 71.2 Å². The maximum atomic E-state index is 17.2. The van der Waals surface area contributed by atoms with E-state index >= 15 is 4.39 Å². The number of esters is 1. The van der Waals surface area contributed by atoms with E-state index in [0.29, 0.717) is 18.4 Å². The number of aliphatic hydroxyl groups excluding tert-OH is 2. The largest absolute Gasteiger partial charge is 0.465 e. The van der Waals surface area contributed by atoms with Gasteiger partial charge in [0, 0.05) is 16.7 Å². The average molecular weight is 464 g/mol. The molecule has 2 unspecified atom stereocenters. The lowest BCUT2D eigenvalue weighted by molar-refractivity contribution is -0.232. The van der Waals surface area contributed by atoms with Crippen molar-refractivity contribution in [3.8, 4) is 0 Å². The quantitative estimate of drug-likeness (QED) is 0.598. The normalized spacial score (nSPS) is 50.1. The molecule has 9 atom stereocenters. The third-order valence-corrected chi connectivity index (χ3v) is 9.33. The number of methoxy groups -OCH3 is 1. The van der Waals surface area contributed by atoms with Crippen molar-refractivity contribution in [2.75, 3.05) is 13.7 Å². The molecule has 2 N–H and O–H groups in total. The molecule has 180 valence electrons. The summed E-state index contributed by atoms with van der Waals surface area (Å²) in [4.78, 5) is 37.3. The molecule has 5 aliphatic rings. The Morgan fingerprint density at radius 1 is 1.30 bits per heavy atom. The van der Waals surface area contributed by atoms with Gasteiger partial charge in [0.2, 0.25) is 0 Å². The lowest BCUT2D eigenvalue weighted by Gasteiger charge is -2.62. The summed E-state index contributed by atoms with van der Waals surface area (Å²) in [6, 6.07) is 0. The Balaban J connectivity index is 1.60. The number of allylic oxidation sites excluding steroid dienone is 4. The van der Waals surface area contributed by atoms with Gasteiger partial charge in [-0.3, -0.25) is 9.59 Å². The molecule has 0 radical (unpaired) electrons. The Morgan fingerprint density at radius 3 is 2.70 bits per heavy atom. The third kappa shape index (κ3) is 2.51. The molecular weight excluding hydrogens is 435 g/mol. The topological polar surface area (TPSA) is 119 Å². The van der Waals surface area contributed by atoms with Crippen LogP contribution in [0.5, 0.6) is 0 Å². The maximum Gasteiger partial charge on any atom is 0.363 e. The molecule has 0 bridgehead atoms. The predicted octanol–water partition coefficient (Wildman–Crippen LogP) is 1.18. The Hall–Kier alpha value is -1.94. The standard InChI is InChI=1S/C24H29FO8/c1-21-7-6-13(27)8-12(21)4-5-14-15-9-18-24(17(29)11-26,33-20(32-18)19(30)31-3)22(15,2)10-16(28)23(14,21)25/h6-8,14-16,18,20,26,28H,4-5,9-11H2,1-3H3/t14-,15-,16-,18?,20?,21-,22-,23-,24+/m0/s1. The van der Waals surface area contributed by atoms with Gasteiger partial charge in [0.15, 0.2) is 22.8 Å². The number of hydrogen-bond donors (Lipinski definition) is 2. The van der Waals surface area contributed by atoms with Crippen LogP contribution in [0.4, 0.5) is 4.39 Å². The van der Waals surface area contributed by atoms with Crippen molar-refractivity contribution < 1.29 is 43.2 Å². The second-order valence-corrected chi connectivity index (χ2v) is 10.4. The van der Waals surface area contributed by atoms with Crippen LogP contribution in [0.1, 0.15) is 39.5 Å². The fraction of sp³-hybridized carbons (Fsp3) is 0.708. The van der Waals surface area contributed by atoms with E-state index < -0.39 is 70.8 Å². The van der Waals surface area contributed by atoms with Gasteiger partial charge in [-0.2, -0.15) is 0 Å². The second kappa shape index (κ2) is 7.04. The van der Waals surface area contributed by atoms with E-state index in [-0.39, 0.29) is 18.6 Å². The molecule has 0 amide bonds. The van der Waals surface area contributed by atoms with Gasteiger partial charge in [-0.25, -0.2) is 9.18 Å². The van der Waals surface area contributed by atoms with Gasteiger partial charge >= 0.3 is 5.97 Å². The summed E-state index contributed by atoms with van der Waals surface area (Å²) in [5, 5.41) is 21.2. The highest BCUT2D eigenvalue weighted by atomic mass is 19.1. The van der Waals surface area contributed by atoms with E-state index in [0.717, 1.165) is 0 Å². The first-order valence-corrected chi connectivity index (χ1v) is 11.4. The highest BCUT2D eigenvalue weighted by Gasteiger charge is 2.79. The first-order valence-electron chi connectivity index (χ1n) is 11.4. The van der Waals surface area contributed by atoms with E-state index in [1.165, 1.54) is 19.3 Å². The summed E-state index contributed by atoms with van der Waals surface area (Å²) < 4.78 is 33.6. The zero-order valence-electron chi connectivity index (χ0n) is 18.9. The molecule has 3 saturated carbocycles. The molecule has 33 heavy (non-hydrogen) atoms. The summed E-state index contributed by atoms with van der Waals surface area (Å²) in [6.45, 7) is 2.63. The Morgan fingerprint density at radius 2 is 2.03 bits per heavy atom. The highest BCUT2D eigenvalue weighted by molar-refractivity contribution is 6.01. The molecule has 4 aliphatic carbocycles. The molecule has 8 nitrogen and oxygen atoms in total. The zero-order chi connectivity index (χ0) is 24.0. The number of ether oxygens (including phenoxy) is 3. The number of Topliss-reactive ketones (excluding diaryl/α,β-unsaturated/α-hetero) is 1. The number of alkyl halides is 1. The average Bonchev–Trinajstić information content (AvgIpc) is 3.28. The number of rotatable bonds is 3. The first-order chi connectivity index (χ1) is 15.5. The SMILES string of the molecule is COC(=O)C1OC2C[C@H]3[C@@H]4CCC5=CC(=O)C=C[C@]5(C)[C@@]4(F)[C@@H](O)C[C@]3(C)[C@]2(C(=O)CO)O1. The van der Waals surface area contributed by atoms with Crippen molar-refractivity contribution in [3.63, 3.8) is 0 Å². The number of carbonyl (C=O) groups excluding carboxylic acids is 3. The van der Waals surface area contributed by atoms with E-state index in [1.807, 2.05) is 0 Å². The summed E-state index contributed by atoms with van der Waals surface area (Å²) in [5.41, 5.74) is -5.36. The van der Waals surface area contributed by atoms with Crippen LogP contribution in [0, 0.1) is 22.7 Å². The molecule has 0 aromatic rings. The lowest BCUT2D eigenvalue weighted by Crippen LogP contribution is -2.69. The van der Waals surface area contributed by atoms with Crippen molar-refractivity contribution in [2.45, 2.75) is 69.3 Å². The minimum Gasteiger partial charge on any atom is -0.465 e. The van der Waals surface area contributed by atoms with Crippen LogP contribution < -0.4 is 0 Å². The fourth-order valence-electron chi connectivity index (χ4n) is 7.77. The molecular formula is C24H29FO8. The van der Waals surface area contributed by atoms with Gasteiger partial charge in [-0.15, -0.1) is 0 Å². The minimum absolute atomic E-state index is 0.130. The number of ketones is 2. The van der Waals surface area contributed by atoms with E-state index in [1.54, 1.807) is 19.9 Å². The van der Waals surface area contributed by atoms with Crippen molar-refractivity contribution in [2.24, 2.45) is 22.7 Å². The minimum atomic E-state index is -2.07. The van der Waals surface area contributed by atoms with Crippen LogP contribution in [0.3, 0.4) is 0 Å². The van der Waals surface area contributed by atoms with Crippen molar-refractivity contribution in [1.29, 1.82) is 0 Å². The smallest absolute Gasteiger partial charge is 0.363 e. The summed E-state index contributed by atoms with van der Waals surface area (Å²) in [7, 11) is 1.17. The monoisotopic (exact) mass is 464 g/mol. The van der Waals surface area contributed by atoms with Crippen molar-refractivity contribution in [3.05, 3.63) is 23.8 Å². The van der Waals surface area contributed by atoms with E-state index in [9.17, 15) is 24.6 Å². The number of hydrogen-bond acceptors (Lipinski definition) is 8. The number of carbonyl (C=O) groups is 3. The summed E-state index contributed by atoms with van der Waals surface area (Å²) in [6.07, 6.45) is 1.55. The van der Waals surface area contributed by atoms with E-state index in [4.69, 9.17) is 14.2 Å². The number of aliphatic hydroxyl groups is 2. The van der Waals surface area contributed by atoms with Crippen LogP contribution >= 0.6 is 0 Å². The number of fused-ring (bicyclic) bond motifs is 7. The van der Waals surface area contributed by atoms with Crippen LogP contribution in [0.25, 0.3) is 0 Å². The molecule has 4 fully saturated rings. The van der Waals surface area contributed by atoms with Crippen molar-refractivity contribution in [1.82, 2.24) is 0 Å². The molecule has 1 aliphatic heterocycles. The van der Waals surface area contributed by atoms with Gasteiger partial charge in [0.1, 0.15) is 6.61 Å². The summed E-state index contributed by atoms with van der Waals surface area (Å²) >= 11 is 0. The Kier molecular flexibility index (Phi) is 4.87. The zero-order valence-corrected chi connectivity index (χ0v) is 18.9. The second-order valence-electron chi connectivity index (χ2n) is 10.4. The van der Waals surface area contributed by atoms with Gasteiger partial charge in [-0.05, 0) is 50.7 Å². The fourth-order valence-corrected chi connectivity index (χ4v) is 7.77. The molecule has 1 saturated heterocycles. The molecule has 0 spiro atoms. The molecule has 0 aromatic carbocycles. The van der Waals surface area contributed by atoms with Crippen LogP contribution in [0.15, 0.2) is 23.8 Å². The van der Waals surface area contributed by atoms with Gasteiger partial charge < -0.3 is 24.4 Å². The lowest BCUT2D eigenvalue weighted by atomic mass is 9.44. The molecule has 0 aromatic heterocycles. The maximum absolute atomic E-state index is 17.2. The number of halogens is 1. The van der Waals surface area contributed by atoms with Gasteiger partial charge in [0.05, 0.1) is 19.3 Å². The Labute approximate surface area is 190 Å². The molecule has 9 heteroatoms. The van der Waals surface area contributed by atoms with Gasteiger partial charge in [-0.1, -0.05) is 18.6 Å². The highest BCUT2D eigenvalue weighted by Crippen LogP contribution is 2.71. The molecule has 5 rings (SSSR count). The molecule has 1 heterocycles. The summed E-state index contributed by atoms with van der Waals surface area (Å²) in [5.74, 6) is -2.73. The van der Waals surface area contributed by atoms with Crippen LogP contribution in [-0.2, 0) is 28.6 Å². The van der Waals surface area contributed by atoms with E-state index in [2.05, 4.69) is 0 Å². The van der Waals surface area contributed by atoms with Gasteiger partial charge in [0.25, 0.3) is 6.29 Å². The van der Waals surface area contributed by atoms with Crippen molar-refractivity contribution >= 4 is 17.5 Å². The predicted molar refractivity (Wildman–Crippen MR) is 110 cm³/mol.